The van der Waals surface area contributed by atoms with Gasteiger partial charge in [-0.05, 0) is 36.8 Å². The van der Waals surface area contributed by atoms with Gasteiger partial charge in [0.25, 0.3) is 0 Å². The van der Waals surface area contributed by atoms with E-state index in [1.807, 2.05) is 13.0 Å². The zero-order valence-corrected chi connectivity index (χ0v) is 14.1. The molecule has 0 unspecified atom stereocenters. The number of hydrogen-bond donors (Lipinski definition) is 0. The lowest BCUT2D eigenvalue weighted by molar-refractivity contribution is 0.0977. The van der Waals surface area contributed by atoms with Crippen LogP contribution in [0.25, 0.3) is 0 Å². The van der Waals surface area contributed by atoms with Gasteiger partial charge < -0.3 is 4.74 Å². The van der Waals surface area contributed by atoms with Gasteiger partial charge >= 0.3 is 0 Å². The highest BCUT2D eigenvalue weighted by Crippen LogP contribution is 2.26. The Kier molecular flexibility index (Phi) is 6.04. The van der Waals surface area contributed by atoms with Crippen LogP contribution < -0.4 is 4.74 Å². The monoisotopic (exact) mass is 347 g/mol. The quantitative estimate of drug-likeness (QED) is 0.654. The highest BCUT2D eigenvalue weighted by atomic mass is 35.5. The SMILES string of the molecule is CCCC(=O)c1cc(C#N)ccc1OCc1ccc(Cl)cc1Cl. The van der Waals surface area contributed by atoms with Crippen LogP contribution in [0.4, 0.5) is 0 Å². The molecule has 0 aliphatic carbocycles. The molecule has 23 heavy (non-hydrogen) atoms. The number of benzene rings is 2. The van der Waals surface area contributed by atoms with Crippen molar-refractivity contribution in [1.29, 1.82) is 5.26 Å². The van der Waals surface area contributed by atoms with Gasteiger partial charge in [0.05, 0.1) is 17.2 Å². The Morgan fingerprint density at radius 3 is 2.65 bits per heavy atom. The van der Waals surface area contributed by atoms with Crippen LogP contribution in [-0.2, 0) is 6.61 Å². The summed E-state index contributed by atoms with van der Waals surface area (Å²) in [4.78, 5) is 12.2. The van der Waals surface area contributed by atoms with Gasteiger partial charge in [0.1, 0.15) is 12.4 Å². The first-order valence-corrected chi connectivity index (χ1v) is 7.94. The topological polar surface area (TPSA) is 50.1 Å². The van der Waals surface area contributed by atoms with Gasteiger partial charge in [0.2, 0.25) is 0 Å². The number of ketones is 1. The number of rotatable bonds is 6. The highest BCUT2D eigenvalue weighted by Gasteiger charge is 2.14. The fourth-order valence-corrected chi connectivity index (χ4v) is 2.56. The summed E-state index contributed by atoms with van der Waals surface area (Å²) in [6.07, 6.45) is 1.14. The maximum Gasteiger partial charge on any atom is 0.166 e. The normalized spacial score (nSPS) is 10.2. The summed E-state index contributed by atoms with van der Waals surface area (Å²) in [6, 6.07) is 12.0. The Labute approximate surface area is 145 Å². The van der Waals surface area contributed by atoms with Crippen molar-refractivity contribution < 1.29 is 9.53 Å². The molecular weight excluding hydrogens is 333 g/mol. The molecule has 2 rings (SSSR count). The summed E-state index contributed by atoms with van der Waals surface area (Å²) < 4.78 is 5.75. The summed E-state index contributed by atoms with van der Waals surface area (Å²) >= 11 is 12.0. The van der Waals surface area contributed by atoms with Crippen LogP contribution in [0.1, 0.15) is 41.3 Å². The average molecular weight is 348 g/mol. The molecule has 0 bridgehead atoms. The number of hydrogen-bond acceptors (Lipinski definition) is 3. The zero-order chi connectivity index (χ0) is 16.8. The minimum Gasteiger partial charge on any atom is -0.488 e. The fraction of sp³-hybridized carbons (Fsp3) is 0.222. The van der Waals surface area contributed by atoms with Gasteiger partial charge in [0, 0.05) is 22.0 Å². The van der Waals surface area contributed by atoms with Crippen LogP contribution in [0.3, 0.4) is 0 Å². The maximum atomic E-state index is 12.2. The zero-order valence-electron chi connectivity index (χ0n) is 12.6. The standard InChI is InChI=1S/C18H15Cl2NO2/c1-2-3-17(22)15-8-12(10-21)4-7-18(15)23-11-13-5-6-14(19)9-16(13)20/h4-9H,2-3,11H2,1H3. The predicted octanol–water partition coefficient (Wildman–Crippen LogP) is 5.43. The first kappa shape index (κ1) is 17.3. The van der Waals surface area contributed by atoms with Crippen molar-refractivity contribution in [2.75, 3.05) is 0 Å². The highest BCUT2D eigenvalue weighted by molar-refractivity contribution is 6.35. The van der Waals surface area contributed by atoms with Gasteiger partial charge in [-0.3, -0.25) is 4.79 Å². The van der Waals surface area contributed by atoms with Crippen LogP contribution in [0.5, 0.6) is 5.75 Å². The third-order valence-electron chi connectivity index (χ3n) is 3.28. The lowest BCUT2D eigenvalue weighted by Gasteiger charge is -2.12. The Morgan fingerprint density at radius 2 is 2.00 bits per heavy atom. The first-order valence-electron chi connectivity index (χ1n) is 7.19. The van der Waals surface area contributed by atoms with Crippen LogP contribution >= 0.6 is 23.2 Å². The van der Waals surface area contributed by atoms with E-state index in [0.717, 1.165) is 12.0 Å². The van der Waals surface area contributed by atoms with Crippen molar-refractivity contribution in [2.45, 2.75) is 26.4 Å². The molecule has 2 aromatic carbocycles. The predicted molar refractivity (Wildman–Crippen MR) is 91.2 cm³/mol. The molecule has 0 saturated carbocycles. The molecule has 3 nitrogen and oxygen atoms in total. The second-order valence-corrected chi connectivity index (χ2v) is 5.86. The van der Waals surface area contributed by atoms with Gasteiger partial charge in [-0.1, -0.05) is 36.2 Å². The molecule has 0 saturated heterocycles. The second-order valence-electron chi connectivity index (χ2n) is 5.02. The molecule has 0 aliphatic rings. The lowest BCUT2D eigenvalue weighted by atomic mass is 10.0. The minimum atomic E-state index is -0.0400. The molecule has 0 amide bonds. The van der Waals surface area contributed by atoms with Gasteiger partial charge in [0.15, 0.2) is 5.78 Å². The number of Topliss-reactive ketones (excluding diaryl/α,β-unsaturated/α-hetero) is 1. The lowest BCUT2D eigenvalue weighted by Crippen LogP contribution is -2.05. The smallest absolute Gasteiger partial charge is 0.166 e. The molecule has 0 aromatic heterocycles. The van der Waals surface area contributed by atoms with Crippen LogP contribution in [0, 0.1) is 11.3 Å². The van der Waals surface area contributed by atoms with Crippen molar-refractivity contribution in [1.82, 2.24) is 0 Å². The van der Waals surface area contributed by atoms with Crippen molar-refractivity contribution >= 4 is 29.0 Å². The molecule has 0 aliphatic heterocycles. The molecular formula is C18H15Cl2NO2. The second kappa shape index (κ2) is 8.01. The third kappa shape index (κ3) is 4.48. The van der Waals surface area contributed by atoms with Crippen LogP contribution in [0.15, 0.2) is 36.4 Å². The van der Waals surface area contributed by atoms with E-state index in [1.54, 1.807) is 36.4 Å². The van der Waals surface area contributed by atoms with E-state index in [4.69, 9.17) is 33.2 Å². The van der Waals surface area contributed by atoms with E-state index in [2.05, 4.69) is 0 Å². The molecule has 0 atom stereocenters. The Hall–Kier alpha value is -2.02. The fourth-order valence-electron chi connectivity index (χ4n) is 2.10. The molecule has 0 radical (unpaired) electrons. The van der Waals surface area contributed by atoms with E-state index in [0.29, 0.717) is 33.3 Å². The number of carbonyl (C=O) groups is 1. The Morgan fingerprint density at radius 1 is 1.22 bits per heavy atom. The van der Waals surface area contributed by atoms with Crippen LogP contribution in [0.2, 0.25) is 10.0 Å². The number of nitrogens with zero attached hydrogens (tertiary/aromatic N) is 1. The third-order valence-corrected chi connectivity index (χ3v) is 3.87. The molecule has 118 valence electrons. The van der Waals surface area contributed by atoms with E-state index in [9.17, 15) is 4.79 Å². The van der Waals surface area contributed by atoms with Gasteiger partial charge in [-0.2, -0.15) is 5.26 Å². The number of halogens is 2. The Balaban J connectivity index is 2.25. The maximum absolute atomic E-state index is 12.2. The summed E-state index contributed by atoms with van der Waals surface area (Å²) in [5.41, 5.74) is 1.63. The minimum absolute atomic E-state index is 0.0400. The van der Waals surface area contributed by atoms with E-state index >= 15 is 0 Å². The first-order chi connectivity index (χ1) is 11.0. The van der Waals surface area contributed by atoms with Gasteiger partial charge in [-0.15, -0.1) is 0 Å². The summed E-state index contributed by atoms with van der Waals surface area (Å²) in [5.74, 6) is 0.412. The summed E-state index contributed by atoms with van der Waals surface area (Å²) in [5, 5.41) is 10.1. The van der Waals surface area contributed by atoms with Crippen molar-refractivity contribution in [2.24, 2.45) is 0 Å². The molecule has 0 N–H and O–H groups in total. The van der Waals surface area contributed by atoms with Gasteiger partial charge in [-0.25, -0.2) is 0 Å². The Bertz CT molecular complexity index is 766. The molecule has 0 heterocycles. The van der Waals surface area contributed by atoms with Crippen molar-refractivity contribution in [3.05, 3.63) is 63.1 Å². The average Bonchev–Trinajstić information content (AvgIpc) is 2.54. The van der Waals surface area contributed by atoms with E-state index < -0.39 is 0 Å². The van der Waals surface area contributed by atoms with Crippen LogP contribution in [-0.4, -0.2) is 5.78 Å². The number of ether oxygens (including phenoxy) is 1. The number of nitriles is 1. The molecule has 2 aromatic rings. The largest absolute Gasteiger partial charge is 0.488 e. The van der Waals surface area contributed by atoms with Crippen molar-refractivity contribution in [3.63, 3.8) is 0 Å². The molecule has 0 spiro atoms. The van der Waals surface area contributed by atoms with E-state index in [-0.39, 0.29) is 12.4 Å². The molecule has 0 fully saturated rings. The van der Waals surface area contributed by atoms with Crippen molar-refractivity contribution in [3.8, 4) is 11.8 Å². The molecule has 5 heteroatoms. The summed E-state index contributed by atoms with van der Waals surface area (Å²) in [7, 11) is 0. The summed E-state index contributed by atoms with van der Waals surface area (Å²) in [6.45, 7) is 2.15. The number of carbonyl (C=O) groups excluding carboxylic acids is 1. The van der Waals surface area contributed by atoms with E-state index in [1.165, 1.54) is 0 Å².